The van der Waals surface area contributed by atoms with Crippen LogP contribution in [-0.2, 0) is 13.2 Å². The number of benzene rings is 2. The topological polar surface area (TPSA) is 29.9 Å². The van der Waals surface area contributed by atoms with Gasteiger partial charge in [-0.2, -0.15) is 13.2 Å². The summed E-state index contributed by atoms with van der Waals surface area (Å²) in [5, 5.41) is 3.60. The van der Waals surface area contributed by atoms with Gasteiger partial charge < -0.3 is 9.88 Å². The Morgan fingerprint density at radius 1 is 1.09 bits per heavy atom. The lowest BCUT2D eigenvalue weighted by atomic mass is 10.2. The van der Waals surface area contributed by atoms with Crippen LogP contribution < -0.4 is 5.32 Å². The molecule has 0 aliphatic rings. The number of nitrogens with zero attached hydrogens (tertiary/aromatic N) is 2. The van der Waals surface area contributed by atoms with Crippen molar-refractivity contribution in [3.05, 3.63) is 52.0 Å². The second-order valence-corrected chi connectivity index (χ2v) is 5.79. The van der Waals surface area contributed by atoms with Gasteiger partial charge >= 0.3 is 6.18 Å². The molecule has 0 saturated heterocycles. The number of nitrogens with one attached hydrogen (secondary N) is 1. The molecule has 1 N–H and O–H groups in total. The minimum absolute atomic E-state index is 0.00557. The van der Waals surface area contributed by atoms with Crippen molar-refractivity contribution in [1.82, 2.24) is 9.55 Å². The maximum atomic E-state index is 12.9. The molecule has 0 aliphatic carbocycles. The zero-order chi connectivity index (χ0) is 16.8. The van der Waals surface area contributed by atoms with Gasteiger partial charge in [-0.25, -0.2) is 4.98 Å². The number of halogens is 5. The lowest BCUT2D eigenvalue weighted by Crippen LogP contribution is -2.04. The van der Waals surface area contributed by atoms with Crippen LogP contribution in [0.2, 0.25) is 10.0 Å². The Hall–Kier alpha value is -1.92. The van der Waals surface area contributed by atoms with Gasteiger partial charge in [-0.15, -0.1) is 0 Å². The lowest BCUT2D eigenvalue weighted by Gasteiger charge is -2.08. The van der Waals surface area contributed by atoms with Gasteiger partial charge in [0, 0.05) is 17.8 Å². The Morgan fingerprint density at radius 3 is 2.35 bits per heavy atom. The summed E-state index contributed by atoms with van der Waals surface area (Å²) in [6.45, 7) is 0. The molecule has 3 nitrogen and oxygen atoms in total. The van der Waals surface area contributed by atoms with E-state index in [2.05, 4.69) is 10.3 Å². The van der Waals surface area contributed by atoms with E-state index in [9.17, 15) is 13.2 Å². The quantitative estimate of drug-likeness (QED) is 0.641. The fourth-order valence-electron chi connectivity index (χ4n) is 2.23. The van der Waals surface area contributed by atoms with Crippen molar-refractivity contribution in [3.63, 3.8) is 0 Å². The molecule has 0 saturated carbocycles. The first-order valence-corrected chi connectivity index (χ1v) is 7.27. The van der Waals surface area contributed by atoms with Crippen molar-refractivity contribution in [3.8, 4) is 0 Å². The molecular weight excluding hydrogens is 350 g/mol. The van der Waals surface area contributed by atoms with Crippen molar-refractivity contribution in [2.45, 2.75) is 6.18 Å². The third kappa shape index (κ3) is 3.09. The number of aryl methyl sites for hydroxylation is 1. The molecule has 8 heteroatoms. The lowest BCUT2D eigenvalue weighted by molar-refractivity contribution is -0.137. The Bertz CT molecular complexity index is 870. The maximum absolute atomic E-state index is 12.9. The summed E-state index contributed by atoms with van der Waals surface area (Å²) in [5.41, 5.74) is 0.478. The van der Waals surface area contributed by atoms with E-state index in [1.807, 2.05) is 0 Å². The zero-order valence-corrected chi connectivity index (χ0v) is 13.3. The van der Waals surface area contributed by atoms with Crippen LogP contribution >= 0.6 is 23.2 Å². The van der Waals surface area contributed by atoms with Gasteiger partial charge in [0.05, 0.1) is 21.6 Å². The monoisotopic (exact) mass is 359 g/mol. The molecule has 1 heterocycles. The molecule has 0 spiro atoms. The van der Waals surface area contributed by atoms with Crippen molar-refractivity contribution >= 4 is 45.9 Å². The smallest absolute Gasteiger partial charge is 0.326 e. The van der Waals surface area contributed by atoms with Crippen molar-refractivity contribution in [2.24, 2.45) is 7.05 Å². The number of hydrogen-bond donors (Lipinski definition) is 1. The third-order valence-electron chi connectivity index (χ3n) is 3.35. The fraction of sp³-hybridized carbons (Fsp3) is 0.133. The summed E-state index contributed by atoms with van der Waals surface area (Å²) in [4.78, 5) is 4.20. The van der Waals surface area contributed by atoms with E-state index in [0.29, 0.717) is 22.2 Å². The normalized spacial score (nSPS) is 11.9. The van der Waals surface area contributed by atoms with E-state index < -0.39 is 11.7 Å². The number of hydrogen-bond acceptors (Lipinski definition) is 2. The van der Waals surface area contributed by atoms with E-state index in [4.69, 9.17) is 23.2 Å². The summed E-state index contributed by atoms with van der Waals surface area (Å²) in [6.07, 6.45) is -4.47. The number of fused-ring (bicyclic) bond motifs is 1. The highest BCUT2D eigenvalue weighted by Crippen LogP contribution is 2.36. The van der Waals surface area contributed by atoms with Crippen LogP contribution in [0.3, 0.4) is 0 Å². The number of aromatic nitrogens is 2. The highest BCUT2D eigenvalue weighted by atomic mass is 35.5. The molecule has 0 aliphatic heterocycles. The van der Waals surface area contributed by atoms with Crippen molar-refractivity contribution in [1.29, 1.82) is 0 Å². The first-order valence-electron chi connectivity index (χ1n) is 6.51. The number of alkyl halides is 3. The zero-order valence-electron chi connectivity index (χ0n) is 11.7. The highest BCUT2D eigenvalue weighted by molar-refractivity contribution is 6.35. The third-order valence-corrected chi connectivity index (χ3v) is 3.89. The standard InChI is InChI=1S/C15H10Cl2F3N3/c1-23-13-11(17)6-8(15(18,19)20)7-12(13)22-14(23)21-10-4-2-9(16)3-5-10/h2-7H,1H3,(H,21,22). The molecule has 3 rings (SSSR count). The summed E-state index contributed by atoms with van der Waals surface area (Å²) in [6, 6.07) is 8.75. The van der Waals surface area contributed by atoms with E-state index >= 15 is 0 Å². The van der Waals surface area contributed by atoms with E-state index in [1.165, 1.54) is 0 Å². The predicted octanol–water partition coefficient (Wildman–Crippen LogP) is 5.64. The van der Waals surface area contributed by atoms with Crippen LogP contribution in [0.25, 0.3) is 11.0 Å². The van der Waals surface area contributed by atoms with Gasteiger partial charge in [0.2, 0.25) is 5.95 Å². The van der Waals surface area contributed by atoms with Crippen LogP contribution in [-0.4, -0.2) is 9.55 Å². The minimum atomic E-state index is -4.47. The highest BCUT2D eigenvalue weighted by Gasteiger charge is 2.32. The first kappa shape index (κ1) is 16.0. The average Bonchev–Trinajstić information content (AvgIpc) is 2.77. The van der Waals surface area contributed by atoms with Crippen LogP contribution in [0.4, 0.5) is 24.8 Å². The molecular formula is C15H10Cl2F3N3. The number of imidazole rings is 1. The molecule has 120 valence electrons. The molecule has 0 fully saturated rings. The molecule has 2 aromatic carbocycles. The van der Waals surface area contributed by atoms with E-state index in [-0.39, 0.29) is 10.5 Å². The summed E-state index contributed by atoms with van der Waals surface area (Å²) in [5.74, 6) is 0.378. The van der Waals surface area contributed by atoms with Gasteiger partial charge in [-0.1, -0.05) is 23.2 Å². The minimum Gasteiger partial charge on any atom is -0.326 e. The van der Waals surface area contributed by atoms with Crippen LogP contribution in [0.1, 0.15) is 5.56 Å². The Balaban J connectivity index is 2.07. The second-order valence-electron chi connectivity index (χ2n) is 4.95. The summed E-state index contributed by atoms with van der Waals surface area (Å²) in [7, 11) is 1.67. The van der Waals surface area contributed by atoms with E-state index in [0.717, 1.165) is 12.1 Å². The molecule has 0 radical (unpaired) electrons. The molecule has 1 aromatic heterocycles. The molecule has 0 atom stereocenters. The summed E-state index contributed by atoms with van der Waals surface area (Å²) < 4.78 is 40.2. The van der Waals surface area contributed by atoms with Gasteiger partial charge in [0.15, 0.2) is 0 Å². The van der Waals surface area contributed by atoms with Gasteiger partial charge in [0.25, 0.3) is 0 Å². The molecule has 0 bridgehead atoms. The molecule has 0 amide bonds. The summed E-state index contributed by atoms with van der Waals surface area (Å²) >= 11 is 11.8. The number of rotatable bonds is 2. The molecule has 3 aromatic rings. The van der Waals surface area contributed by atoms with E-state index in [1.54, 1.807) is 35.9 Å². The SMILES string of the molecule is Cn1c(Nc2ccc(Cl)cc2)nc2cc(C(F)(F)F)cc(Cl)c21. The fourth-order valence-corrected chi connectivity index (χ4v) is 2.70. The Kier molecular flexibility index (Phi) is 3.90. The molecule has 0 unspecified atom stereocenters. The van der Waals surface area contributed by atoms with Crippen LogP contribution in [0.15, 0.2) is 36.4 Å². The van der Waals surface area contributed by atoms with Gasteiger partial charge in [0.1, 0.15) is 0 Å². The Morgan fingerprint density at radius 2 is 1.74 bits per heavy atom. The van der Waals surface area contributed by atoms with Crippen LogP contribution in [0, 0.1) is 0 Å². The second kappa shape index (κ2) is 5.62. The van der Waals surface area contributed by atoms with Crippen molar-refractivity contribution < 1.29 is 13.2 Å². The van der Waals surface area contributed by atoms with Crippen LogP contribution in [0.5, 0.6) is 0 Å². The predicted molar refractivity (Wildman–Crippen MR) is 85.5 cm³/mol. The van der Waals surface area contributed by atoms with Crippen molar-refractivity contribution in [2.75, 3.05) is 5.32 Å². The average molecular weight is 360 g/mol. The maximum Gasteiger partial charge on any atom is 0.416 e. The molecule has 23 heavy (non-hydrogen) atoms. The van der Waals surface area contributed by atoms with Gasteiger partial charge in [-0.3, -0.25) is 0 Å². The number of anilines is 2. The first-order chi connectivity index (χ1) is 10.8. The Labute approximate surface area is 139 Å². The largest absolute Gasteiger partial charge is 0.416 e. The van der Waals surface area contributed by atoms with Gasteiger partial charge in [-0.05, 0) is 36.4 Å².